The Morgan fingerprint density at radius 3 is 2.67 bits per heavy atom. The van der Waals surface area contributed by atoms with Gasteiger partial charge in [-0.2, -0.15) is 0 Å². The smallest absolute Gasteiger partial charge is 0.254 e. The molecule has 0 bridgehead atoms. The van der Waals surface area contributed by atoms with E-state index in [1.54, 1.807) is 0 Å². The average Bonchev–Trinajstić information content (AvgIpc) is 2.19. The van der Waals surface area contributed by atoms with Gasteiger partial charge < -0.3 is 16.8 Å². The van der Waals surface area contributed by atoms with E-state index < -0.39 is 11.7 Å². The third kappa shape index (κ3) is 2.67. The van der Waals surface area contributed by atoms with Gasteiger partial charge in [0, 0.05) is 7.05 Å². The van der Waals surface area contributed by atoms with Crippen LogP contribution in [0.2, 0.25) is 0 Å². The van der Waals surface area contributed by atoms with Crippen molar-refractivity contribution in [2.75, 3.05) is 7.05 Å². The minimum absolute atomic E-state index is 0.0972. The standard InChI is InChI=1S/C9H11FN4O/c1-13-8(15)6-4-5(14-9(11)12)2-3-7(6)10/h2-4H,1H3,(H,13,15)(H4,11,12,14). The normalized spacial score (nSPS) is 9.47. The van der Waals surface area contributed by atoms with E-state index in [-0.39, 0.29) is 11.5 Å². The number of nitrogens with two attached hydrogens (primary N) is 2. The molecule has 1 aromatic rings. The topological polar surface area (TPSA) is 93.5 Å². The highest BCUT2D eigenvalue weighted by Crippen LogP contribution is 2.17. The van der Waals surface area contributed by atoms with Crippen molar-refractivity contribution in [1.29, 1.82) is 0 Å². The largest absolute Gasteiger partial charge is 0.370 e. The van der Waals surface area contributed by atoms with Crippen LogP contribution in [0.25, 0.3) is 0 Å². The predicted molar refractivity (Wildman–Crippen MR) is 55.3 cm³/mol. The number of carbonyl (C=O) groups is 1. The minimum Gasteiger partial charge on any atom is -0.370 e. The van der Waals surface area contributed by atoms with E-state index in [0.29, 0.717) is 5.69 Å². The molecule has 0 heterocycles. The third-order valence-corrected chi connectivity index (χ3v) is 1.68. The number of aliphatic imine (C=N–C) groups is 1. The number of guanidine groups is 1. The first kappa shape index (κ1) is 11.0. The minimum atomic E-state index is -0.621. The molecule has 0 fully saturated rings. The summed E-state index contributed by atoms with van der Waals surface area (Å²) in [6.45, 7) is 0. The van der Waals surface area contributed by atoms with E-state index in [0.717, 1.165) is 6.07 Å². The van der Waals surface area contributed by atoms with Crippen LogP contribution in [-0.4, -0.2) is 18.9 Å². The quantitative estimate of drug-likeness (QED) is 0.477. The molecule has 0 aromatic heterocycles. The summed E-state index contributed by atoms with van der Waals surface area (Å²) in [5.41, 5.74) is 10.5. The summed E-state index contributed by atoms with van der Waals surface area (Å²) >= 11 is 0. The highest BCUT2D eigenvalue weighted by Gasteiger charge is 2.10. The number of carbonyl (C=O) groups excluding carboxylic acids is 1. The molecular weight excluding hydrogens is 199 g/mol. The number of halogens is 1. The number of hydrogen-bond acceptors (Lipinski definition) is 2. The lowest BCUT2D eigenvalue weighted by Crippen LogP contribution is -2.22. The van der Waals surface area contributed by atoms with Gasteiger partial charge in [-0.1, -0.05) is 0 Å². The van der Waals surface area contributed by atoms with Gasteiger partial charge in [-0.15, -0.1) is 0 Å². The molecule has 6 heteroatoms. The van der Waals surface area contributed by atoms with Crippen molar-refractivity contribution in [1.82, 2.24) is 5.32 Å². The first-order valence-electron chi connectivity index (χ1n) is 4.16. The molecule has 1 aromatic carbocycles. The van der Waals surface area contributed by atoms with Crippen molar-refractivity contribution in [3.05, 3.63) is 29.6 Å². The van der Waals surface area contributed by atoms with Gasteiger partial charge in [0.25, 0.3) is 5.91 Å². The first-order chi connectivity index (χ1) is 7.04. The van der Waals surface area contributed by atoms with Crippen molar-refractivity contribution in [2.24, 2.45) is 16.5 Å². The van der Waals surface area contributed by atoms with E-state index in [9.17, 15) is 9.18 Å². The predicted octanol–water partition coefficient (Wildman–Crippen LogP) is 0.0902. The molecule has 5 nitrogen and oxygen atoms in total. The summed E-state index contributed by atoms with van der Waals surface area (Å²) in [5.74, 6) is -1.30. The van der Waals surface area contributed by atoms with E-state index >= 15 is 0 Å². The van der Waals surface area contributed by atoms with E-state index in [2.05, 4.69) is 10.3 Å². The molecule has 0 aliphatic carbocycles. The summed E-state index contributed by atoms with van der Waals surface area (Å²) in [6.07, 6.45) is 0. The van der Waals surface area contributed by atoms with Crippen LogP contribution in [0.1, 0.15) is 10.4 Å². The zero-order valence-corrected chi connectivity index (χ0v) is 8.12. The van der Waals surface area contributed by atoms with Crippen LogP contribution in [0, 0.1) is 5.82 Å². The Kier molecular flexibility index (Phi) is 3.22. The van der Waals surface area contributed by atoms with Crippen molar-refractivity contribution in [2.45, 2.75) is 0 Å². The van der Waals surface area contributed by atoms with Gasteiger partial charge in [0.15, 0.2) is 5.96 Å². The second kappa shape index (κ2) is 4.41. The molecule has 0 spiro atoms. The molecule has 80 valence electrons. The highest BCUT2D eigenvalue weighted by molar-refractivity contribution is 5.95. The van der Waals surface area contributed by atoms with E-state index in [4.69, 9.17) is 11.5 Å². The average molecular weight is 210 g/mol. The fraction of sp³-hybridized carbons (Fsp3) is 0.111. The van der Waals surface area contributed by atoms with E-state index in [1.807, 2.05) is 0 Å². The number of rotatable bonds is 2. The van der Waals surface area contributed by atoms with E-state index in [1.165, 1.54) is 19.2 Å². The van der Waals surface area contributed by atoms with Crippen molar-refractivity contribution >= 4 is 17.6 Å². The lowest BCUT2D eigenvalue weighted by Gasteiger charge is -2.02. The molecule has 0 saturated heterocycles. The van der Waals surface area contributed by atoms with Crippen LogP contribution in [0.15, 0.2) is 23.2 Å². The van der Waals surface area contributed by atoms with Crippen LogP contribution < -0.4 is 16.8 Å². The summed E-state index contributed by atoms with van der Waals surface area (Å²) in [7, 11) is 1.41. The first-order valence-corrected chi connectivity index (χ1v) is 4.16. The zero-order chi connectivity index (χ0) is 11.4. The van der Waals surface area contributed by atoms with Crippen LogP contribution in [0.5, 0.6) is 0 Å². The van der Waals surface area contributed by atoms with Crippen LogP contribution in [-0.2, 0) is 0 Å². The maximum atomic E-state index is 13.2. The summed E-state index contributed by atoms with van der Waals surface area (Å²) < 4.78 is 13.2. The van der Waals surface area contributed by atoms with Gasteiger partial charge in [0.1, 0.15) is 5.82 Å². The number of amides is 1. The maximum Gasteiger partial charge on any atom is 0.254 e. The SMILES string of the molecule is CNC(=O)c1cc(N=C(N)N)ccc1F. The highest BCUT2D eigenvalue weighted by atomic mass is 19.1. The molecule has 0 radical (unpaired) electrons. The maximum absolute atomic E-state index is 13.2. The molecule has 0 aliphatic heterocycles. The Hall–Kier alpha value is -2.11. The van der Waals surface area contributed by atoms with Crippen LogP contribution in [0.4, 0.5) is 10.1 Å². The Morgan fingerprint density at radius 2 is 2.13 bits per heavy atom. The van der Waals surface area contributed by atoms with Crippen LogP contribution in [0.3, 0.4) is 0 Å². The third-order valence-electron chi connectivity index (χ3n) is 1.68. The molecule has 0 aliphatic rings. The fourth-order valence-corrected chi connectivity index (χ4v) is 1.04. The zero-order valence-electron chi connectivity index (χ0n) is 8.12. The number of hydrogen-bond donors (Lipinski definition) is 3. The number of nitrogens with one attached hydrogen (secondary N) is 1. The summed E-state index contributed by atoms with van der Waals surface area (Å²) in [5, 5.41) is 2.31. The molecule has 0 saturated carbocycles. The lowest BCUT2D eigenvalue weighted by atomic mass is 10.2. The molecule has 5 N–H and O–H groups in total. The molecule has 1 rings (SSSR count). The Morgan fingerprint density at radius 1 is 1.47 bits per heavy atom. The monoisotopic (exact) mass is 210 g/mol. The second-order valence-corrected chi connectivity index (χ2v) is 2.78. The van der Waals surface area contributed by atoms with Gasteiger partial charge in [-0.3, -0.25) is 4.79 Å². The Labute approximate surface area is 86.0 Å². The Balaban J connectivity index is 3.16. The fourth-order valence-electron chi connectivity index (χ4n) is 1.04. The van der Waals surface area contributed by atoms with Gasteiger partial charge in [0.2, 0.25) is 0 Å². The van der Waals surface area contributed by atoms with Crippen molar-refractivity contribution in [3.8, 4) is 0 Å². The van der Waals surface area contributed by atoms with Gasteiger partial charge in [0.05, 0.1) is 11.3 Å². The van der Waals surface area contributed by atoms with Gasteiger partial charge >= 0.3 is 0 Å². The number of benzene rings is 1. The molecule has 0 unspecified atom stereocenters. The second-order valence-electron chi connectivity index (χ2n) is 2.78. The van der Waals surface area contributed by atoms with Gasteiger partial charge in [-0.25, -0.2) is 9.38 Å². The number of nitrogens with zero attached hydrogens (tertiary/aromatic N) is 1. The Bertz CT molecular complexity index is 413. The summed E-state index contributed by atoms with van der Waals surface area (Å²) in [4.78, 5) is 14.9. The molecule has 0 atom stereocenters. The van der Waals surface area contributed by atoms with Crippen molar-refractivity contribution in [3.63, 3.8) is 0 Å². The van der Waals surface area contributed by atoms with Crippen molar-refractivity contribution < 1.29 is 9.18 Å². The van der Waals surface area contributed by atoms with Gasteiger partial charge in [-0.05, 0) is 18.2 Å². The van der Waals surface area contributed by atoms with Crippen LogP contribution >= 0.6 is 0 Å². The molecule has 15 heavy (non-hydrogen) atoms. The molecular formula is C9H11FN4O. The molecule has 1 amide bonds. The lowest BCUT2D eigenvalue weighted by molar-refractivity contribution is 0.0959. The summed E-state index contributed by atoms with van der Waals surface area (Å²) in [6, 6.07) is 3.78.